The standard InChI is InChI=1S/C21H16O3/c1-21(23)19(22)14-9-12-6-5-10-3-2-4-11-7-8-13(16(12)15(10)11)17(14)18-20(21)24-18/h2-9,18-20,22-23H,1H3/t18-,19+,20-,21?/m0/s1. The molecule has 1 unspecified atom stereocenters. The number of fused-ring (bicyclic) bond motifs is 4. The lowest BCUT2D eigenvalue weighted by atomic mass is 9.76. The summed E-state index contributed by atoms with van der Waals surface area (Å²) in [4.78, 5) is 0. The number of epoxide rings is 1. The quantitative estimate of drug-likeness (QED) is 0.383. The van der Waals surface area contributed by atoms with E-state index in [9.17, 15) is 10.2 Å². The van der Waals surface area contributed by atoms with Gasteiger partial charge in [0.25, 0.3) is 0 Å². The number of hydrogen-bond acceptors (Lipinski definition) is 3. The molecule has 1 heterocycles. The zero-order chi connectivity index (χ0) is 16.2. The molecule has 4 aromatic rings. The first kappa shape index (κ1) is 13.1. The van der Waals surface area contributed by atoms with Gasteiger partial charge in [-0.2, -0.15) is 0 Å². The molecule has 0 radical (unpaired) electrons. The van der Waals surface area contributed by atoms with Crippen LogP contribution >= 0.6 is 0 Å². The van der Waals surface area contributed by atoms with Crippen LogP contribution in [0.5, 0.6) is 0 Å². The van der Waals surface area contributed by atoms with Crippen molar-refractivity contribution in [3.05, 3.63) is 59.7 Å². The minimum Gasteiger partial charge on any atom is -0.385 e. The lowest BCUT2D eigenvalue weighted by Crippen LogP contribution is -2.41. The summed E-state index contributed by atoms with van der Waals surface area (Å²) in [5.74, 6) is 0. The number of benzene rings is 4. The van der Waals surface area contributed by atoms with Gasteiger partial charge in [-0.05, 0) is 56.4 Å². The van der Waals surface area contributed by atoms with Gasteiger partial charge in [0.1, 0.15) is 23.9 Å². The Labute approximate surface area is 138 Å². The van der Waals surface area contributed by atoms with Crippen LogP contribution in [-0.4, -0.2) is 21.9 Å². The van der Waals surface area contributed by atoms with Gasteiger partial charge in [-0.1, -0.05) is 42.5 Å². The predicted molar refractivity (Wildman–Crippen MR) is 93.3 cm³/mol. The first-order chi connectivity index (χ1) is 11.6. The summed E-state index contributed by atoms with van der Waals surface area (Å²) >= 11 is 0. The second-order valence-electron chi connectivity index (χ2n) is 7.34. The molecule has 1 saturated heterocycles. The van der Waals surface area contributed by atoms with Gasteiger partial charge in [0.05, 0.1) is 0 Å². The molecule has 0 amide bonds. The van der Waals surface area contributed by atoms with E-state index in [4.69, 9.17) is 4.74 Å². The Hall–Kier alpha value is -2.20. The van der Waals surface area contributed by atoms with E-state index in [1.807, 2.05) is 6.07 Å². The van der Waals surface area contributed by atoms with Gasteiger partial charge in [-0.25, -0.2) is 0 Å². The van der Waals surface area contributed by atoms with Crippen LogP contribution in [-0.2, 0) is 4.74 Å². The summed E-state index contributed by atoms with van der Waals surface area (Å²) in [6.45, 7) is 1.66. The van der Waals surface area contributed by atoms with Gasteiger partial charge >= 0.3 is 0 Å². The SMILES string of the molecule is CC1(O)[C@H](O)c2cc3ccc4cccc5ccc(c2[C@@H]2O[C@@H]21)c3c45. The summed E-state index contributed by atoms with van der Waals surface area (Å²) in [6.07, 6.45) is -1.38. The van der Waals surface area contributed by atoms with Crippen LogP contribution in [0.3, 0.4) is 0 Å². The van der Waals surface area contributed by atoms with E-state index in [0.717, 1.165) is 21.9 Å². The summed E-state index contributed by atoms with van der Waals surface area (Å²) in [5.41, 5.74) is 0.604. The van der Waals surface area contributed by atoms with Gasteiger partial charge in [0, 0.05) is 0 Å². The Bertz CT molecular complexity index is 1130. The van der Waals surface area contributed by atoms with Crippen LogP contribution < -0.4 is 0 Å². The van der Waals surface area contributed by atoms with Crippen molar-refractivity contribution in [2.45, 2.75) is 30.8 Å². The zero-order valence-electron chi connectivity index (χ0n) is 13.2. The summed E-state index contributed by atoms with van der Waals surface area (Å²) in [7, 11) is 0. The molecule has 4 atom stereocenters. The normalized spacial score (nSPS) is 31.5. The van der Waals surface area contributed by atoms with Gasteiger partial charge in [-0.15, -0.1) is 0 Å². The highest BCUT2D eigenvalue weighted by molar-refractivity contribution is 6.24. The summed E-state index contributed by atoms with van der Waals surface area (Å²) < 4.78 is 5.77. The average Bonchev–Trinajstić information content (AvgIpc) is 3.39. The second kappa shape index (κ2) is 3.89. The van der Waals surface area contributed by atoms with Crippen LogP contribution in [0.4, 0.5) is 0 Å². The second-order valence-corrected chi connectivity index (χ2v) is 7.34. The topological polar surface area (TPSA) is 53.0 Å². The average molecular weight is 316 g/mol. The third-order valence-corrected chi connectivity index (χ3v) is 5.92. The Kier molecular flexibility index (Phi) is 2.13. The molecule has 1 aliphatic carbocycles. The minimum atomic E-state index is -1.24. The summed E-state index contributed by atoms with van der Waals surface area (Å²) in [6, 6.07) is 16.9. The molecular formula is C21H16O3. The monoisotopic (exact) mass is 316 g/mol. The lowest BCUT2D eigenvalue weighted by molar-refractivity contribution is -0.0818. The molecule has 0 aromatic heterocycles. The number of rotatable bonds is 0. The Morgan fingerprint density at radius 1 is 0.958 bits per heavy atom. The molecule has 0 saturated carbocycles. The molecule has 1 fully saturated rings. The van der Waals surface area contributed by atoms with Crippen molar-refractivity contribution in [1.29, 1.82) is 0 Å². The minimum absolute atomic E-state index is 0.122. The van der Waals surface area contributed by atoms with Gasteiger partial charge in [0.2, 0.25) is 0 Å². The van der Waals surface area contributed by atoms with E-state index < -0.39 is 11.7 Å². The molecule has 24 heavy (non-hydrogen) atoms. The third kappa shape index (κ3) is 1.36. The van der Waals surface area contributed by atoms with Crippen molar-refractivity contribution >= 4 is 32.3 Å². The van der Waals surface area contributed by atoms with E-state index in [0.29, 0.717) is 0 Å². The van der Waals surface area contributed by atoms with Crippen LogP contribution in [0.2, 0.25) is 0 Å². The van der Waals surface area contributed by atoms with E-state index in [1.165, 1.54) is 21.5 Å². The molecule has 4 aromatic carbocycles. The molecule has 1 aliphatic heterocycles. The van der Waals surface area contributed by atoms with Gasteiger partial charge < -0.3 is 14.9 Å². The molecule has 2 aliphatic rings. The number of ether oxygens (including phenoxy) is 1. The van der Waals surface area contributed by atoms with Crippen molar-refractivity contribution in [1.82, 2.24) is 0 Å². The maximum absolute atomic E-state index is 10.7. The van der Waals surface area contributed by atoms with Crippen molar-refractivity contribution in [3.63, 3.8) is 0 Å². The lowest BCUT2D eigenvalue weighted by Gasteiger charge is -2.33. The first-order valence-electron chi connectivity index (χ1n) is 8.33. The molecule has 3 nitrogen and oxygen atoms in total. The fraction of sp³-hybridized carbons (Fsp3) is 0.238. The maximum atomic E-state index is 10.7. The molecular weight excluding hydrogens is 300 g/mol. The van der Waals surface area contributed by atoms with E-state index >= 15 is 0 Å². The van der Waals surface area contributed by atoms with E-state index in [2.05, 4.69) is 42.5 Å². The van der Waals surface area contributed by atoms with Crippen molar-refractivity contribution in [3.8, 4) is 0 Å². The Morgan fingerprint density at radius 3 is 2.46 bits per heavy atom. The van der Waals surface area contributed by atoms with Gasteiger partial charge in [0.15, 0.2) is 0 Å². The fourth-order valence-electron chi connectivity index (χ4n) is 4.64. The smallest absolute Gasteiger partial charge is 0.121 e. The van der Waals surface area contributed by atoms with Crippen LogP contribution in [0.1, 0.15) is 30.3 Å². The Morgan fingerprint density at radius 2 is 1.67 bits per heavy atom. The zero-order valence-corrected chi connectivity index (χ0v) is 13.2. The number of aliphatic hydroxyl groups excluding tert-OH is 1. The van der Waals surface area contributed by atoms with Crippen LogP contribution in [0, 0.1) is 0 Å². The third-order valence-electron chi connectivity index (χ3n) is 5.92. The highest BCUT2D eigenvalue weighted by atomic mass is 16.6. The van der Waals surface area contributed by atoms with Crippen LogP contribution in [0.25, 0.3) is 32.3 Å². The van der Waals surface area contributed by atoms with E-state index in [-0.39, 0.29) is 12.2 Å². The molecule has 0 bridgehead atoms. The molecule has 118 valence electrons. The molecule has 2 N–H and O–H groups in total. The Balaban J connectivity index is 1.83. The predicted octanol–water partition coefficient (Wildman–Crippen LogP) is 3.82. The highest BCUT2D eigenvalue weighted by Crippen LogP contribution is 2.58. The van der Waals surface area contributed by atoms with Crippen molar-refractivity contribution < 1.29 is 14.9 Å². The number of aliphatic hydroxyl groups is 2. The van der Waals surface area contributed by atoms with E-state index in [1.54, 1.807) is 6.92 Å². The largest absolute Gasteiger partial charge is 0.385 e. The van der Waals surface area contributed by atoms with Gasteiger partial charge in [-0.3, -0.25) is 0 Å². The number of hydrogen-bond donors (Lipinski definition) is 2. The molecule has 3 heteroatoms. The fourth-order valence-corrected chi connectivity index (χ4v) is 4.64. The molecule has 0 spiro atoms. The van der Waals surface area contributed by atoms with Crippen LogP contribution in [0.15, 0.2) is 48.5 Å². The highest BCUT2D eigenvalue weighted by Gasteiger charge is 2.61. The molecule has 6 rings (SSSR count). The van der Waals surface area contributed by atoms with Crippen molar-refractivity contribution in [2.75, 3.05) is 0 Å². The van der Waals surface area contributed by atoms with Crippen molar-refractivity contribution in [2.24, 2.45) is 0 Å². The first-order valence-corrected chi connectivity index (χ1v) is 8.33. The maximum Gasteiger partial charge on any atom is 0.121 e. The summed E-state index contributed by atoms with van der Waals surface area (Å²) in [5, 5.41) is 28.5.